The molecule has 1 aliphatic carbocycles. The van der Waals surface area contributed by atoms with E-state index in [1.165, 1.54) is 87.6 Å². The molecule has 8 aromatic carbocycles. The summed E-state index contributed by atoms with van der Waals surface area (Å²) >= 11 is 0. The molecule has 9 rings (SSSR count). The van der Waals surface area contributed by atoms with E-state index in [0.717, 1.165) is 0 Å². The molecule has 0 amide bonds. The molecule has 0 aromatic heterocycles. The van der Waals surface area contributed by atoms with Crippen LogP contribution in [-0.2, 0) is 5.41 Å². The Kier molecular flexibility index (Phi) is 5.05. The second kappa shape index (κ2) is 8.90. The standard InChI is InChI=1S/C43H30/c1-27-11-13-35-21-37(17-15-33(35)19-27)43(38-18-16-34-20-28(2)12-14-36(34)22-38)41-25-31-9-5-3-7-29(31)23-39(41)40-24-30-8-4-6-10-32(30)26-42(40)43/h3-26H,1-2H3. The van der Waals surface area contributed by atoms with Crippen molar-refractivity contribution < 1.29 is 0 Å². The lowest BCUT2D eigenvalue weighted by molar-refractivity contribution is 0.773. The Hall–Kier alpha value is -5.20. The number of hydrogen-bond donors (Lipinski definition) is 0. The minimum Gasteiger partial charge on any atom is -0.0616 e. The molecule has 0 radical (unpaired) electrons. The molecule has 202 valence electrons. The largest absolute Gasteiger partial charge is 0.0714 e. The van der Waals surface area contributed by atoms with E-state index in [1.807, 2.05) is 0 Å². The Labute approximate surface area is 251 Å². The van der Waals surface area contributed by atoms with Gasteiger partial charge in [-0.05, 0) is 127 Å². The monoisotopic (exact) mass is 546 g/mol. The van der Waals surface area contributed by atoms with Gasteiger partial charge in [-0.1, -0.05) is 120 Å². The quantitative estimate of drug-likeness (QED) is 0.202. The fraction of sp³-hybridized carbons (Fsp3) is 0.0698. The van der Waals surface area contributed by atoms with Gasteiger partial charge in [0.15, 0.2) is 0 Å². The molecule has 0 heterocycles. The molecule has 1 aliphatic rings. The van der Waals surface area contributed by atoms with Gasteiger partial charge < -0.3 is 0 Å². The summed E-state index contributed by atoms with van der Waals surface area (Å²) in [5.41, 5.74) is 10.1. The van der Waals surface area contributed by atoms with E-state index < -0.39 is 5.41 Å². The van der Waals surface area contributed by atoms with Gasteiger partial charge in [-0.15, -0.1) is 0 Å². The van der Waals surface area contributed by atoms with Crippen LogP contribution in [-0.4, -0.2) is 0 Å². The van der Waals surface area contributed by atoms with Crippen LogP contribution in [0, 0.1) is 13.8 Å². The van der Waals surface area contributed by atoms with E-state index >= 15 is 0 Å². The van der Waals surface area contributed by atoms with Gasteiger partial charge in [-0.2, -0.15) is 0 Å². The number of aryl methyl sites for hydroxylation is 2. The second-order valence-corrected chi connectivity index (χ2v) is 12.4. The van der Waals surface area contributed by atoms with Gasteiger partial charge in [-0.25, -0.2) is 0 Å². The third kappa shape index (κ3) is 3.50. The lowest BCUT2D eigenvalue weighted by Gasteiger charge is -2.34. The zero-order chi connectivity index (χ0) is 28.7. The summed E-state index contributed by atoms with van der Waals surface area (Å²) in [6.45, 7) is 4.34. The number of benzene rings is 8. The van der Waals surface area contributed by atoms with Crippen molar-refractivity contribution in [1.29, 1.82) is 0 Å². The van der Waals surface area contributed by atoms with Crippen LogP contribution >= 0.6 is 0 Å². The van der Waals surface area contributed by atoms with Crippen molar-refractivity contribution in [1.82, 2.24) is 0 Å². The fourth-order valence-electron chi connectivity index (χ4n) is 7.68. The summed E-state index contributed by atoms with van der Waals surface area (Å²) in [4.78, 5) is 0. The smallest absolute Gasteiger partial charge is 0.0616 e. The van der Waals surface area contributed by atoms with Gasteiger partial charge in [0.1, 0.15) is 0 Å². The minimum absolute atomic E-state index is 0.475. The van der Waals surface area contributed by atoms with Crippen LogP contribution < -0.4 is 0 Å². The maximum absolute atomic E-state index is 2.47. The van der Waals surface area contributed by atoms with Crippen LogP contribution in [0.15, 0.2) is 146 Å². The lowest BCUT2D eigenvalue weighted by atomic mass is 9.66. The van der Waals surface area contributed by atoms with Gasteiger partial charge in [0.05, 0.1) is 5.41 Å². The molecule has 0 spiro atoms. The highest BCUT2D eigenvalue weighted by atomic mass is 14.5. The van der Waals surface area contributed by atoms with E-state index in [1.54, 1.807) is 0 Å². The highest BCUT2D eigenvalue weighted by molar-refractivity contribution is 6.01. The molecule has 0 saturated carbocycles. The van der Waals surface area contributed by atoms with Gasteiger partial charge >= 0.3 is 0 Å². The molecule has 0 fully saturated rings. The summed E-state index contributed by atoms with van der Waals surface area (Å²) in [6, 6.07) is 55.3. The molecule has 0 unspecified atom stereocenters. The Balaban J connectivity index is 1.48. The van der Waals surface area contributed by atoms with Crippen molar-refractivity contribution >= 4 is 43.1 Å². The molecule has 8 aromatic rings. The normalized spacial score (nSPS) is 13.5. The van der Waals surface area contributed by atoms with Crippen LogP contribution in [0.1, 0.15) is 33.4 Å². The van der Waals surface area contributed by atoms with Gasteiger partial charge in [0, 0.05) is 0 Å². The highest BCUT2D eigenvalue weighted by Gasteiger charge is 2.46. The first-order chi connectivity index (χ1) is 21.1. The fourth-order valence-corrected chi connectivity index (χ4v) is 7.68. The van der Waals surface area contributed by atoms with Crippen LogP contribution in [0.5, 0.6) is 0 Å². The first kappa shape index (κ1) is 24.4. The van der Waals surface area contributed by atoms with Crippen molar-refractivity contribution in [2.75, 3.05) is 0 Å². The van der Waals surface area contributed by atoms with Crippen molar-refractivity contribution in [2.24, 2.45) is 0 Å². The lowest BCUT2D eigenvalue weighted by Crippen LogP contribution is -2.28. The van der Waals surface area contributed by atoms with E-state index in [2.05, 4.69) is 159 Å². The average Bonchev–Trinajstić information content (AvgIpc) is 3.31. The zero-order valence-corrected chi connectivity index (χ0v) is 24.4. The maximum Gasteiger partial charge on any atom is 0.0714 e. The molecule has 0 atom stereocenters. The van der Waals surface area contributed by atoms with Crippen molar-refractivity contribution in [3.63, 3.8) is 0 Å². The van der Waals surface area contributed by atoms with Gasteiger partial charge in [0.25, 0.3) is 0 Å². The molecular formula is C43H30. The SMILES string of the molecule is Cc1ccc2cc(C3(c4ccc5cc(C)ccc5c4)c4cc5ccccc5cc4-c4cc5ccccc5cc43)ccc2c1. The molecule has 0 saturated heterocycles. The molecule has 43 heavy (non-hydrogen) atoms. The summed E-state index contributed by atoms with van der Waals surface area (Å²) in [5, 5.41) is 10.2. The van der Waals surface area contributed by atoms with Crippen LogP contribution in [0.25, 0.3) is 54.2 Å². The molecule has 0 aliphatic heterocycles. The van der Waals surface area contributed by atoms with Crippen molar-refractivity contribution in [2.45, 2.75) is 19.3 Å². The van der Waals surface area contributed by atoms with Crippen molar-refractivity contribution in [3.8, 4) is 11.1 Å². The molecule has 0 bridgehead atoms. The number of fused-ring (bicyclic) bond motifs is 7. The molecule has 0 N–H and O–H groups in total. The molecule has 0 heteroatoms. The van der Waals surface area contributed by atoms with Crippen LogP contribution in [0.3, 0.4) is 0 Å². The summed E-state index contributed by atoms with van der Waals surface area (Å²) in [7, 11) is 0. The van der Waals surface area contributed by atoms with E-state index in [-0.39, 0.29) is 0 Å². The number of rotatable bonds is 2. The van der Waals surface area contributed by atoms with Crippen molar-refractivity contribution in [3.05, 3.63) is 179 Å². The third-order valence-corrected chi connectivity index (χ3v) is 9.73. The Morgan fingerprint density at radius 1 is 0.326 bits per heavy atom. The first-order valence-electron chi connectivity index (χ1n) is 15.2. The summed E-state index contributed by atoms with van der Waals surface area (Å²) in [6.07, 6.45) is 0. The Morgan fingerprint density at radius 3 is 1.12 bits per heavy atom. The van der Waals surface area contributed by atoms with Gasteiger partial charge in [-0.3, -0.25) is 0 Å². The second-order valence-electron chi connectivity index (χ2n) is 12.4. The predicted octanol–water partition coefficient (Wildman–Crippen LogP) is 11.3. The Morgan fingerprint density at radius 2 is 0.674 bits per heavy atom. The van der Waals surface area contributed by atoms with Gasteiger partial charge in [0.2, 0.25) is 0 Å². The Bertz CT molecular complexity index is 2250. The molecular weight excluding hydrogens is 516 g/mol. The summed E-state index contributed by atoms with van der Waals surface area (Å²) < 4.78 is 0. The van der Waals surface area contributed by atoms with E-state index in [0.29, 0.717) is 0 Å². The highest BCUT2D eigenvalue weighted by Crippen LogP contribution is 2.58. The van der Waals surface area contributed by atoms with Crippen LogP contribution in [0.2, 0.25) is 0 Å². The zero-order valence-electron chi connectivity index (χ0n) is 24.4. The topological polar surface area (TPSA) is 0 Å². The number of hydrogen-bond acceptors (Lipinski definition) is 0. The minimum atomic E-state index is -0.475. The van der Waals surface area contributed by atoms with E-state index in [4.69, 9.17) is 0 Å². The average molecular weight is 547 g/mol. The molecule has 0 nitrogen and oxygen atoms in total. The predicted molar refractivity (Wildman–Crippen MR) is 183 cm³/mol. The van der Waals surface area contributed by atoms with E-state index in [9.17, 15) is 0 Å². The first-order valence-corrected chi connectivity index (χ1v) is 15.2. The van der Waals surface area contributed by atoms with Crippen LogP contribution in [0.4, 0.5) is 0 Å². The third-order valence-electron chi connectivity index (χ3n) is 9.73. The maximum atomic E-state index is 2.47. The summed E-state index contributed by atoms with van der Waals surface area (Å²) in [5.74, 6) is 0.